The summed E-state index contributed by atoms with van der Waals surface area (Å²) < 4.78 is 5.80. The number of fused-ring (bicyclic) bond motifs is 3. The van der Waals surface area contributed by atoms with Crippen molar-refractivity contribution in [1.82, 2.24) is 0 Å². The molecule has 3 heteroatoms. The van der Waals surface area contributed by atoms with Crippen molar-refractivity contribution in [3.8, 4) is 5.75 Å². The van der Waals surface area contributed by atoms with Crippen molar-refractivity contribution in [1.29, 1.82) is 0 Å². The van der Waals surface area contributed by atoms with E-state index in [4.69, 9.17) is 4.74 Å². The number of aliphatic hydroxyl groups excluding tert-OH is 1. The summed E-state index contributed by atoms with van der Waals surface area (Å²) in [6.45, 7) is 2.31. The van der Waals surface area contributed by atoms with Crippen LogP contribution < -0.4 is 10.1 Å². The molecule has 1 heterocycles. The Hall–Kier alpha value is -1.74. The van der Waals surface area contributed by atoms with Crippen LogP contribution in [0.3, 0.4) is 0 Å². The van der Waals surface area contributed by atoms with Gasteiger partial charge in [0.2, 0.25) is 0 Å². The van der Waals surface area contributed by atoms with Gasteiger partial charge in [0.25, 0.3) is 0 Å². The minimum atomic E-state index is -0.400. The maximum absolute atomic E-state index is 9.63. The van der Waals surface area contributed by atoms with E-state index in [1.807, 2.05) is 19.1 Å². The smallest absolute Gasteiger partial charge is 0.125 e. The highest BCUT2D eigenvalue weighted by Crippen LogP contribution is 2.44. The Labute approximate surface area is 113 Å². The molecule has 0 saturated carbocycles. The summed E-state index contributed by atoms with van der Waals surface area (Å²) in [7, 11) is 0. The van der Waals surface area contributed by atoms with E-state index in [2.05, 4.69) is 35.7 Å². The largest absolute Gasteiger partial charge is 0.491 e. The second kappa shape index (κ2) is 5.10. The Balaban J connectivity index is 1.86. The van der Waals surface area contributed by atoms with E-state index in [1.165, 1.54) is 5.56 Å². The third-order valence-electron chi connectivity index (χ3n) is 3.76. The molecule has 1 aliphatic heterocycles. The first-order chi connectivity index (χ1) is 9.29. The molecule has 1 aliphatic carbocycles. The maximum Gasteiger partial charge on any atom is 0.125 e. The predicted octanol–water partition coefficient (Wildman–Crippen LogP) is 2.84. The number of allylic oxidation sites excluding steroid dienone is 2. The van der Waals surface area contributed by atoms with Crippen molar-refractivity contribution >= 4 is 5.69 Å². The second-order valence-corrected chi connectivity index (χ2v) is 5.06. The van der Waals surface area contributed by atoms with Crippen LogP contribution in [0.1, 0.15) is 24.8 Å². The Kier molecular flexibility index (Phi) is 3.30. The first-order valence-electron chi connectivity index (χ1n) is 6.85. The highest BCUT2D eigenvalue weighted by molar-refractivity contribution is 5.67. The molecule has 2 aliphatic rings. The summed E-state index contributed by atoms with van der Waals surface area (Å²) in [5, 5.41) is 13.1. The van der Waals surface area contributed by atoms with E-state index in [1.54, 1.807) is 0 Å². The number of aliphatic hydroxyl groups is 1. The fourth-order valence-electron chi connectivity index (χ4n) is 2.64. The van der Waals surface area contributed by atoms with Crippen molar-refractivity contribution in [2.75, 3.05) is 11.9 Å². The Morgan fingerprint density at radius 3 is 3.00 bits per heavy atom. The average Bonchev–Trinajstić information content (AvgIpc) is 2.83. The summed E-state index contributed by atoms with van der Waals surface area (Å²) in [6, 6.07) is 6.38. The van der Waals surface area contributed by atoms with Gasteiger partial charge < -0.3 is 15.2 Å². The van der Waals surface area contributed by atoms with Crippen LogP contribution in [0.5, 0.6) is 5.75 Å². The zero-order valence-electron chi connectivity index (χ0n) is 11.0. The van der Waals surface area contributed by atoms with Crippen molar-refractivity contribution in [2.45, 2.75) is 31.4 Å². The van der Waals surface area contributed by atoms with Gasteiger partial charge in [-0.25, -0.2) is 0 Å². The molecule has 2 N–H and O–H groups in total. The number of rotatable bonds is 4. The van der Waals surface area contributed by atoms with Gasteiger partial charge in [-0.2, -0.15) is 0 Å². The molecule has 0 spiro atoms. The standard InChI is InChI=1S/C16H19NO2/c1-2-11(18)10-19-15-9-5-8-14-16(15)12-6-3-4-7-13(12)17-14/h3-9,11-13,17-18H,2,10H2,1H3/t11-,12?,13?/m0/s1. The Morgan fingerprint density at radius 2 is 2.16 bits per heavy atom. The number of nitrogens with one attached hydrogen (secondary N) is 1. The third kappa shape index (κ3) is 2.26. The average molecular weight is 257 g/mol. The first kappa shape index (κ1) is 12.3. The molecular formula is C16H19NO2. The quantitative estimate of drug-likeness (QED) is 0.871. The van der Waals surface area contributed by atoms with Gasteiger partial charge in [0, 0.05) is 17.2 Å². The normalized spacial score (nSPS) is 24.5. The van der Waals surface area contributed by atoms with Gasteiger partial charge in [-0.15, -0.1) is 0 Å². The van der Waals surface area contributed by atoms with Crippen LogP contribution in [0.15, 0.2) is 42.5 Å². The maximum atomic E-state index is 9.63. The number of benzene rings is 1. The lowest BCUT2D eigenvalue weighted by atomic mass is 9.91. The lowest BCUT2D eigenvalue weighted by molar-refractivity contribution is 0.104. The van der Waals surface area contributed by atoms with Crippen molar-refractivity contribution < 1.29 is 9.84 Å². The topological polar surface area (TPSA) is 41.5 Å². The Bertz CT molecular complexity index is 521. The second-order valence-electron chi connectivity index (χ2n) is 5.06. The van der Waals surface area contributed by atoms with E-state index in [0.29, 0.717) is 25.0 Å². The molecular weight excluding hydrogens is 238 g/mol. The highest BCUT2D eigenvalue weighted by Gasteiger charge is 2.32. The fraction of sp³-hybridized carbons (Fsp3) is 0.375. The van der Waals surface area contributed by atoms with Crippen LogP contribution in [-0.4, -0.2) is 23.9 Å². The van der Waals surface area contributed by atoms with Crippen LogP contribution in [0.2, 0.25) is 0 Å². The molecule has 0 saturated heterocycles. The number of hydrogen-bond donors (Lipinski definition) is 2. The van der Waals surface area contributed by atoms with Gasteiger partial charge in [0.05, 0.1) is 12.1 Å². The molecule has 1 aromatic rings. The van der Waals surface area contributed by atoms with Crippen LogP contribution in [0.4, 0.5) is 5.69 Å². The van der Waals surface area contributed by atoms with Crippen LogP contribution in [0.25, 0.3) is 0 Å². The third-order valence-corrected chi connectivity index (χ3v) is 3.76. The summed E-state index contributed by atoms with van der Waals surface area (Å²) in [5.41, 5.74) is 2.34. The molecule has 0 amide bonds. The van der Waals surface area contributed by atoms with Gasteiger partial charge in [-0.1, -0.05) is 37.3 Å². The van der Waals surface area contributed by atoms with Gasteiger partial charge in [0.15, 0.2) is 0 Å². The number of anilines is 1. The van der Waals surface area contributed by atoms with E-state index >= 15 is 0 Å². The molecule has 0 bridgehead atoms. The molecule has 2 unspecified atom stereocenters. The number of hydrogen-bond acceptors (Lipinski definition) is 3. The lowest BCUT2D eigenvalue weighted by Crippen LogP contribution is -2.19. The minimum absolute atomic E-state index is 0.320. The Morgan fingerprint density at radius 1 is 1.32 bits per heavy atom. The SMILES string of the molecule is CC[C@H](O)COc1cccc2c1C1C=CC=CC1N2. The minimum Gasteiger partial charge on any atom is -0.491 e. The summed E-state index contributed by atoms with van der Waals surface area (Å²) >= 11 is 0. The zero-order valence-corrected chi connectivity index (χ0v) is 11.0. The van der Waals surface area contributed by atoms with Crippen molar-refractivity contribution in [3.05, 3.63) is 48.1 Å². The van der Waals surface area contributed by atoms with E-state index in [9.17, 15) is 5.11 Å². The molecule has 3 nitrogen and oxygen atoms in total. The fourth-order valence-corrected chi connectivity index (χ4v) is 2.64. The molecule has 0 aromatic heterocycles. The predicted molar refractivity (Wildman–Crippen MR) is 76.7 cm³/mol. The molecule has 3 rings (SSSR count). The molecule has 0 radical (unpaired) electrons. The van der Waals surface area contributed by atoms with Crippen LogP contribution in [-0.2, 0) is 0 Å². The van der Waals surface area contributed by atoms with E-state index < -0.39 is 6.10 Å². The molecule has 1 aromatic carbocycles. The molecule has 0 fully saturated rings. The van der Waals surface area contributed by atoms with Crippen molar-refractivity contribution in [2.24, 2.45) is 0 Å². The lowest BCUT2D eigenvalue weighted by Gasteiger charge is -2.18. The summed E-state index contributed by atoms with van der Waals surface area (Å²) in [6.07, 6.45) is 8.84. The molecule has 3 atom stereocenters. The van der Waals surface area contributed by atoms with Gasteiger partial charge in [-0.05, 0) is 18.6 Å². The van der Waals surface area contributed by atoms with E-state index in [0.717, 1.165) is 11.4 Å². The van der Waals surface area contributed by atoms with E-state index in [-0.39, 0.29) is 0 Å². The van der Waals surface area contributed by atoms with Crippen molar-refractivity contribution in [3.63, 3.8) is 0 Å². The van der Waals surface area contributed by atoms with Crippen LogP contribution >= 0.6 is 0 Å². The molecule has 100 valence electrons. The monoisotopic (exact) mass is 257 g/mol. The van der Waals surface area contributed by atoms with Crippen LogP contribution in [0, 0.1) is 0 Å². The zero-order chi connectivity index (χ0) is 13.2. The summed E-state index contributed by atoms with van der Waals surface area (Å²) in [5.74, 6) is 1.21. The first-order valence-corrected chi connectivity index (χ1v) is 6.85. The van der Waals surface area contributed by atoms with Gasteiger partial charge >= 0.3 is 0 Å². The van der Waals surface area contributed by atoms with Gasteiger partial charge in [0.1, 0.15) is 12.4 Å². The van der Waals surface area contributed by atoms with Gasteiger partial charge in [-0.3, -0.25) is 0 Å². The molecule has 19 heavy (non-hydrogen) atoms. The highest BCUT2D eigenvalue weighted by atomic mass is 16.5. The summed E-state index contributed by atoms with van der Waals surface area (Å²) in [4.78, 5) is 0. The number of ether oxygens (including phenoxy) is 1.